The molecule has 0 aliphatic rings. The van der Waals surface area contributed by atoms with Crippen LogP contribution in [0.25, 0.3) is 10.2 Å². The standard InChI is InChI=1S/C18H17Cl2N3OS/c1-3-23(4-2)12-7-5-11(6-8-12)17(24)22-18-21-16-14(25-18)10-9-13(19)15(16)20/h5-10H,3-4H2,1-2H3,(H,21,22,24). The number of halogens is 2. The molecule has 0 saturated heterocycles. The maximum atomic E-state index is 12.4. The van der Waals surface area contributed by atoms with Crippen molar-refractivity contribution in [1.82, 2.24) is 4.98 Å². The van der Waals surface area contributed by atoms with Gasteiger partial charge in [0.25, 0.3) is 5.91 Å². The number of aromatic nitrogens is 1. The van der Waals surface area contributed by atoms with Crippen LogP contribution in [0.5, 0.6) is 0 Å². The Hall–Kier alpha value is -1.82. The van der Waals surface area contributed by atoms with Crippen molar-refractivity contribution in [3.05, 3.63) is 52.0 Å². The van der Waals surface area contributed by atoms with Crippen molar-refractivity contribution in [2.45, 2.75) is 13.8 Å². The minimum atomic E-state index is -0.202. The SMILES string of the molecule is CCN(CC)c1ccc(C(=O)Nc2nc3c(Cl)c(Cl)ccc3s2)cc1. The van der Waals surface area contributed by atoms with Crippen LogP contribution < -0.4 is 10.2 Å². The van der Waals surface area contributed by atoms with Gasteiger partial charge in [0.1, 0.15) is 5.52 Å². The average Bonchev–Trinajstić information content (AvgIpc) is 3.03. The normalized spacial score (nSPS) is 10.9. The molecule has 0 spiro atoms. The van der Waals surface area contributed by atoms with Crippen LogP contribution in [0.3, 0.4) is 0 Å². The molecule has 0 aliphatic carbocycles. The quantitative estimate of drug-likeness (QED) is 0.604. The van der Waals surface area contributed by atoms with Crippen molar-refractivity contribution in [1.29, 1.82) is 0 Å². The summed E-state index contributed by atoms with van der Waals surface area (Å²) in [6.07, 6.45) is 0. The Balaban J connectivity index is 1.79. The molecule has 0 radical (unpaired) electrons. The summed E-state index contributed by atoms with van der Waals surface area (Å²) in [7, 11) is 0. The highest BCUT2D eigenvalue weighted by molar-refractivity contribution is 7.22. The van der Waals surface area contributed by atoms with Crippen molar-refractivity contribution in [3.63, 3.8) is 0 Å². The lowest BCUT2D eigenvalue weighted by atomic mass is 10.2. The number of nitrogens with zero attached hydrogens (tertiary/aromatic N) is 2. The molecular formula is C18H17Cl2N3OS. The van der Waals surface area contributed by atoms with E-state index in [0.29, 0.717) is 26.3 Å². The molecule has 0 atom stereocenters. The molecule has 0 aliphatic heterocycles. The first-order valence-electron chi connectivity index (χ1n) is 7.94. The number of benzene rings is 2. The molecule has 3 rings (SSSR count). The molecule has 0 fully saturated rings. The minimum Gasteiger partial charge on any atom is -0.372 e. The van der Waals surface area contributed by atoms with Crippen molar-refractivity contribution in [3.8, 4) is 0 Å². The van der Waals surface area contributed by atoms with Gasteiger partial charge in [0.2, 0.25) is 0 Å². The van der Waals surface area contributed by atoms with Crippen LogP contribution in [0.15, 0.2) is 36.4 Å². The van der Waals surface area contributed by atoms with Crippen LogP contribution in [0, 0.1) is 0 Å². The van der Waals surface area contributed by atoms with Gasteiger partial charge in [-0.3, -0.25) is 10.1 Å². The largest absolute Gasteiger partial charge is 0.372 e. The number of thiazole rings is 1. The number of hydrogen-bond acceptors (Lipinski definition) is 4. The van der Waals surface area contributed by atoms with Crippen LogP contribution in [0.4, 0.5) is 10.8 Å². The van der Waals surface area contributed by atoms with E-state index in [2.05, 4.69) is 29.0 Å². The van der Waals surface area contributed by atoms with Crippen molar-refractivity contribution >= 4 is 61.5 Å². The number of carbonyl (C=O) groups excluding carboxylic acids is 1. The molecule has 0 saturated carbocycles. The van der Waals surface area contributed by atoms with Gasteiger partial charge in [-0.1, -0.05) is 34.5 Å². The van der Waals surface area contributed by atoms with E-state index in [1.54, 1.807) is 6.07 Å². The monoisotopic (exact) mass is 393 g/mol. The smallest absolute Gasteiger partial charge is 0.257 e. The number of amides is 1. The summed E-state index contributed by atoms with van der Waals surface area (Å²) in [4.78, 5) is 19.0. The Morgan fingerprint density at radius 2 is 1.80 bits per heavy atom. The van der Waals surface area contributed by atoms with Gasteiger partial charge in [0.05, 0.1) is 14.7 Å². The van der Waals surface area contributed by atoms with E-state index in [4.69, 9.17) is 23.2 Å². The van der Waals surface area contributed by atoms with Crippen molar-refractivity contribution in [2.24, 2.45) is 0 Å². The first kappa shape index (κ1) is 18.0. The van der Waals surface area contributed by atoms with E-state index in [9.17, 15) is 4.79 Å². The molecule has 1 heterocycles. The van der Waals surface area contributed by atoms with Gasteiger partial charge in [0.15, 0.2) is 5.13 Å². The molecule has 2 aromatic carbocycles. The average molecular weight is 394 g/mol. The zero-order valence-corrected chi connectivity index (χ0v) is 16.2. The number of carbonyl (C=O) groups is 1. The molecular weight excluding hydrogens is 377 g/mol. The second-order valence-electron chi connectivity index (χ2n) is 5.40. The van der Waals surface area contributed by atoms with Gasteiger partial charge in [-0.2, -0.15) is 0 Å². The number of rotatable bonds is 5. The molecule has 0 bridgehead atoms. The Kier molecular flexibility index (Phi) is 5.47. The summed E-state index contributed by atoms with van der Waals surface area (Å²) < 4.78 is 0.876. The van der Waals surface area contributed by atoms with Crippen LogP contribution in [-0.4, -0.2) is 24.0 Å². The summed E-state index contributed by atoms with van der Waals surface area (Å²) >= 11 is 13.5. The number of nitrogens with one attached hydrogen (secondary N) is 1. The van der Waals surface area contributed by atoms with Crippen LogP contribution >= 0.6 is 34.5 Å². The number of hydrogen-bond donors (Lipinski definition) is 1. The summed E-state index contributed by atoms with van der Waals surface area (Å²) in [5.41, 5.74) is 2.29. The van der Waals surface area contributed by atoms with Gasteiger partial charge in [-0.25, -0.2) is 4.98 Å². The first-order chi connectivity index (χ1) is 12.0. The van der Waals surface area contributed by atoms with E-state index in [-0.39, 0.29) is 5.91 Å². The maximum absolute atomic E-state index is 12.4. The van der Waals surface area contributed by atoms with Crippen LogP contribution in [-0.2, 0) is 0 Å². The highest BCUT2D eigenvalue weighted by atomic mass is 35.5. The molecule has 1 aromatic heterocycles. The van der Waals surface area contributed by atoms with Gasteiger partial charge >= 0.3 is 0 Å². The van der Waals surface area contributed by atoms with Gasteiger partial charge in [0, 0.05) is 24.3 Å². The maximum Gasteiger partial charge on any atom is 0.257 e. The Bertz CT molecular complexity index is 905. The highest BCUT2D eigenvalue weighted by Crippen LogP contribution is 2.35. The summed E-state index contributed by atoms with van der Waals surface area (Å²) in [6.45, 7) is 6.07. The lowest BCUT2D eigenvalue weighted by Crippen LogP contribution is -2.21. The molecule has 3 aromatic rings. The van der Waals surface area contributed by atoms with E-state index in [1.807, 2.05) is 30.3 Å². The number of anilines is 2. The zero-order chi connectivity index (χ0) is 18.0. The number of fused-ring (bicyclic) bond motifs is 1. The first-order valence-corrected chi connectivity index (χ1v) is 9.51. The fourth-order valence-corrected chi connectivity index (χ4v) is 3.86. The Morgan fingerprint density at radius 3 is 2.44 bits per heavy atom. The predicted molar refractivity (Wildman–Crippen MR) is 108 cm³/mol. The van der Waals surface area contributed by atoms with E-state index < -0.39 is 0 Å². The van der Waals surface area contributed by atoms with Crippen molar-refractivity contribution < 1.29 is 4.79 Å². The molecule has 25 heavy (non-hydrogen) atoms. The predicted octanol–water partition coefficient (Wildman–Crippen LogP) is 5.70. The molecule has 130 valence electrons. The minimum absolute atomic E-state index is 0.202. The van der Waals surface area contributed by atoms with E-state index in [0.717, 1.165) is 23.5 Å². The van der Waals surface area contributed by atoms with Crippen LogP contribution in [0.2, 0.25) is 10.0 Å². The lowest BCUT2D eigenvalue weighted by molar-refractivity contribution is 0.102. The van der Waals surface area contributed by atoms with Gasteiger partial charge < -0.3 is 4.90 Å². The fraction of sp³-hybridized carbons (Fsp3) is 0.222. The third-order valence-electron chi connectivity index (χ3n) is 3.93. The second kappa shape index (κ2) is 7.60. The zero-order valence-electron chi connectivity index (χ0n) is 13.8. The Labute approximate surface area is 160 Å². The second-order valence-corrected chi connectivity index (χ2v) is 7.22. The molecule has 1 amide bonds. The van der Waals surface area contributed by atoms with Crippen LogP contribution in [0.1, 0.15) is 24.2 Å². The molecule has 0 unspecified atom stereocenters. The molecule has 1 N–H and O–H groups in total. The highest BCUT2D eigenvalue weighted by Gasteiger charge is 2.13. The molecule has 4 nitrogen and oxygen atoms in total. The topological polar surface area (TPSA) is 45.2 Å². The lowest BCUT2D eigenvalue weighted by Gasteiger charge is -2.20. The third-order valence-corrected chi connectivity index (χ3v) is 5.66. The Morgan fingerprint density at radius 1 is 1.12 bits per heavy atom. The van der Waals surface area contributed by atoms with Gasteiger partial charge in [-0.05, 0) is 50.2 Å². The summed E-state index contributed by atoms with van der Waals surface area (Å²) in [5, 5.41) is 4.17. The third kappa shape index (κ3) is 3.73. The van der Waals surface area contributed by atoms with E-state index >= 15 is 0 Å². The molecule has 7 heteroatoms. The summed E-state index contributed by atoms with van der Waals surface area (Å²) in [5.74, 6) is -0.202. The summed E-state index contributed by atoms with van der Waals surface area (Å²) in [6, 6.07) is 11.1. The fourth-order valence-electron chi connectivity index (χ4n) is 2.57. The van der Waals surface area contributed by atoms with Gasteiger partial charge in [-0.15, -0.1) is 0 Å². The van der Waals surface area contributed by atoms with E-state index in [1.165, 1.54) is 11.3 Å². The van der Waals surface area contributed by atoms with Crippen molar-refractivity contribution in [2.75, 3.05) is 23.3 Å².